The zero-order chi connectivity index (χ0) is 40.2. The summed E-state index contributed by atoms with van der Waals surface area (Å²) in [5.41, 5.74) is 17.3. The number of pyridine rings is 1. The van der Waals surface area contributed by atoms with Crippen molar-refractivity contribution in [3.05, 3.63) is 222 Å². The summed E-state index contributed by atoms with van der Waals surface area (Å²) in [7, 11) is 0. The van der Waals surface area contributed by atoms with Crippen LogP contribution >= 0.6 is 0 Å². The van der Waals surface area contributed by atoms with Gasteiger partial charge in [0.25, 0.3) is 0 Å². The van der Waals surface area contributed by atoms with Crippen LogP contribution in [0.25, 0.3) is 99.0 Å². The number of benzene rings is 9. The largest absolute Gasteiger partial charge is 0.309 e. The Morgan fingerprint density at radius 1 is 0.475 bits per heavy atom. The Hall–Kier alpha value is -7.75. The molecule has 1 aliphatic rings. The molecule has 0 aliphatic heterocycles. The number of fused-ring (bicyclic) bond motifs is 12. The smallest absolute Gasteiger partial charge is 0.141 e. The molecule has 0 saturated heterocycles. The van der Waals surface area contributed by atoms with E-state index in [2.05, 4.69) is 216 Å². The molecule has 9 aromatic carbocycles. The lowest BCUT2D eigenvalue weighted by Crippen LogP contribution is -2.12. The molecule has 0 fully saturated rings. The van der Waals surface area contributed by atoms with Gasteiger partial charge in [0.15, 0.2) is 0 Å². The first-order chi connectivity index (χ1) is 30.2. The monoisotopic (exact) mass is 777 g/mol. The van der Waals surface area contributed by atoms with Crippen LogP contribution in [0.4, 0.5) is 0 Å². The molecular weight excluding hydrogens is 739 g/mol. The van der Waals surface area contributed by atoms with E-state index in [0.29, 0.717) is 0 Å². The van der Waals surface area contributed by atoms with Gasteiger partial charge in [0.2, 0.25) is 0 Å². The van der Waals surface area contributed by atoms with Gasteiger partial charge in [0, 0.05) is 44.1 Å². The van der Waals surface area contributed by atoms with E-state index in [4.69, 9.17) is 4.98 Å². The maximum absolute atomic E-state index is 5.57. The lowest BCUT2D eigenvalue weighted by Gasteiger charge is -2.28. The third-order valence-corrected chi connectivity index (χ3v) is 13.4. The Bertz CT molecular complexity index is 3750. The molecule has 0 amide bonds. The normalized spacial score (nSPS) is 13.8. The number of hydrogen-bond donors (Lipinski definition) is 0. The van der Waals surface area contributed by atoms with Crippen LogP contribution in [0.15, 0.2) is 200 Å². The number of hydrogen-bond acceptors (Lipinski definition) is 1. The van der Waals surface area contributed by atoms with E-state index in [1.807, 2.05) is 0 Å². The Morgan fingerprint density at radius 2 is 1.15 bits per heavy atom. The van der Waals surface area contributed by atoms with Gasteiger partial charge in [0.05, 0.1) is 27.6 Å². The quantitative estimate of drug-likeness (QED) is 0.174. The first-order valence-electron chi connectivity index (χ1n) is 21.3. The molecule has 0 spiro atoms. The fraction of sp³-hybridized carbons (Fsp3) is 0.0517. The maximum Gasteiger partial charge on any atom is 0.141 e. The van der Waals surface area contributed by atoms with Gasteiger partial charge in [-0.1, -0.05) is 146 Å². The van der Waals surface area contributed by atoms with Gasteiger partial charge >= 0.3 is 0 Å². The zero-order valence-electron chi connectivity index (χ0n) is 33.7. The summed E-state index contributed by atoms with van der Waals surface area (Å²) in [4.78, 5) is 5.57. The second kappa shape index (κ2) is 13.1. The van der Waals surface area contributed by atoms with Crippen LogP contribution in [0.2, 0.25) is 0 Å². The fourth-order valence-corrected chi connectivity index (χ4v) is 10.8. The van der Waals surface area contributed by atoms with Crippen LogP contribution in [0.5, 0.6) is 0 Å². The number of aromatic nitrogens is 3. The van der Waals surface area contributed by atoms with Crippen molar-refractivity contribution in [2.75, 3.05) is 0 Å². The Balaban J connectivity index is 1.07. The predicted octanol–water partition coefficient (Wildman–Crippen LogP) is 14.9. The van der Waals surface area contributed by atoms with Gasteiger partial charge in [-0.2, -0.15) is 0 Å². The molecule has 1 atom stereocenters. The third kappa shape index (κ3) is 5.01. The Labute approximate surface area is 353 Å². The highest BCUT2D eigenvalue weighted by molar-refractivity contribution is 6.21. The minimum atomic E-state index is 0.249. The molecule has 0 N–H and O–H groups in total. The van der Waals surface area contributed by atoms with Crippen LogP contribution in [-0.2, 0) is 6.42 Å². The van der Waals surface area contributed by atoms with Gasteiger partial charge < -0.3 is 4.57 Å². The number of nitrogens with zero attached hydrogens (tertiary/aromatic N) is 3. The SMILES string of the molecule is Cc1c(-n2c3ccc(C4Cc5ccccc5-c5ccccc54)cc3c3c4ccccc4ccc32)nc2ccccc2c1-c1ccc2c(c1)c1ccccc1n2-c1ccccc1. The minimum Gasteiger partial charge on any atom is -0.309 e. The molecule has 3 heterocycles. The number of rotatable bonds is 4. The molecule has 286 valence electrons. The van der Waals surface area contributed by atoms with Crippen molar-refractivity contribution < 1.29 is 0 Å². The lowest BCUT2D eigenvalue weighted by atomic mass is 9.75. The predicted molar refractivity (Wildman–Crippen MR) is 256 cm³/mol. The van der Waals surface area contributed by atoms with E-state index in [9.17, 15) is 0 Å². The highest BCUT2D eigenvalue weighted by Gasteiger charge is 2.27. The molecule has 0 bridgehead atoms. The summed E-state index contributed by atoms with van der Waals surface area (Å²) in [5.74, 6) is 1.21. The summed E-state index contributed by atoms with van der Waals surface area (Å²) in [6.07, 6.45) is 0.973. The van der Waals surface area contributed by atoms with E-state index in [1.54, 1.807) is 0 Å². The molecule has 1 aliphatic carbocycles. The second-order valence-electron chi connectivity index (χ2n) is 16.7. The van der Waals surface area contributed by atoms with Crippen LogP contribution in [0.1, 0.15) is 28.2 Å². The molecule has 13 rings (SSSR count). The molecule has 0 saturated carbocycles. The standard InChI is InChI=1S/C58H39N3/c1-36-56(40-29-31-53-49(35-40)46-23-12-14-26-52(46)60(53)41-17-3-2-4-18-41)47-24-11-13-25-51(47)59-58(36)61-54-30-28-39(34-50(54)57-43-20-8-5-15-37(43)27-32-55(57)61)48-33-38-16-6-7-19-42(38)44-21-9-10-22-45(44)48/h2-32,34-35,48H,33H2,1H3. The summed E-state index contributed by atoms with van der Waals surface area (Å²) in [5, 5.41) is 8.66. The topological polar surface area (TPSA) is 22.8 Å². The van der Waals surface area contributed by atoms with Crippen molar-refractivity contribution in [2.45, 2.75) is 19.3 Å². The Morgan fingerprint density at radius 3 is 2.05 bits per heavy atom. The van der Waals surface area contributed by atoms with E-state index in [-0.39, 0.29) is 5.92 Å². The van der Waals surface area contributed by atoms with E-state index >= 15 is 0 Å². The average molecular weight is 778 g/mol. The van der Waals surface area contributed by atoms with Crippen LogP contribution < -0.4 is 0 Å². The molecule has 12 aromatic rings. The van der Waals surface area contributed by atoms with Crippen molar-refractivity contribution in [1.82, 2.24) is 14.1 Å². The van der Waals surface area contributed by atoms with Crippen molar-refractivity contribution in [3.8, 4) is 33.8 Å². The second-order valence-corrected chi connectivity index (χ2v) is 16.7. The lowest BCUT2D eigenvalue weighted by molar-refractivity contribution is 0.795. The molecule has 3 nitrogen and oxygen atoms in total. The first-order valence-corrected chi connectivity index (χ1v) is 21.3. The van der Waals surface area contributed by atoms with Crippen molar-refractivity contribution in [3.63, 3.8) is 0 Å². The summed E-state index contributed by atoms with van der Waals surface area (Å²) in [6.45, 7) is 2.27. The molecular formula is C58H39N3. The first kappa shape index (κ1) is 34.1. The minimum absolute atomic E-state index is 0.249. The average Bonchev–Trinajstić information content (AvgIpc) is 3.83. The summed E-state index contributed by atoms with van der Waals surface area (Å²) < 4.78 is 4.83. The van der Waals surface area contributed by atoms with Crippen LogP contribution in [0.3, 0.4) is 0 Å². The van der Waals surface area contributed by atoms with Gasteiger partial charge in [-0.15, -0.1) is 0 Å². The van der Waals surface area contributed by atoms with Gasteiger partial charge in [-0.3, -0.25) is 4.57 Å². The molecule has 3 heteroatoms. The van der Waals surface area contributed by atoms with Gasteiger partial charge in [0.1, 0.15) is 5.82 Å². The number of para-hydroxylation sites is 3. The van der Waals surface area contributed by atoms with Crippen molar-refractivity contribution >= 4 is 65.3 Å². The zero-order valence-corrected chi connectivity index (χ0v) is 33.7. The Kier molecular flexibility index (Phi) is 7.35. The van der Waals surface area contributed by atoms with Crippen LogP contribution in [0, 0.1) is 6.92 Å². The fourth-order valence-electron chi connectivity index (χ4n) is 10.8. The third-order valence-electron chi connectivity index (χ3n) is 13.4. The molecule has 1 unspecified atom stereocenters. The van der Waals surface area contributed by atoms with Crippen LogP contribution in [-0.4, -0.2) is 14.1 Å². The van der Waals surface area contributed by atoms with E-state index in [1.165, 1.54) is 87.8 Å². The van der Waals surface area contributed by atoms with Gasteiger partial charge in [-0.05, 0) is 118 Å². The summed E-state index contributed by atoms with van der Waals surface area (Å²) in [6, 6.07) is 73.7. The molecule has 3 aromatic heterocycles. The van der Waals surface area contributed by atoms with Crippen molar-refractivity contribution in [2.24, 2.45) is 0 Å². The highest BCUT2D eigenvalue weighted by atomic mass is 15.1. The summed E-state index contributed by atoms with van der Waals surface area (Å²) >= 11 is 0. The van der Waals surface area contributed by atoms with E-state index < -0.39 is 0 Å². The maximum atomic E-state index is 5.57. The van der Waals surface area contributed by atoms with E-state index in [0.717, 1.165) is 39.9 Å². The molecule has 61 heavy (non-hydrogen) atoms. The van der Waals surface area contributed by atoms with Gasteiger partial charge in [-0.25, -0.2) is 4.98 Å². The van der Waals surface area contributed by atoms with Crippen molar-refractivity contribution in [1.29, 1.82) is 0 Å². The highest BCUT2D eigenvalue weighted by Crippen LogP contribution is 2.46. The molecule has 0 radical (unpaired) electrons.